The zero-order valence-electron chi connectivity index (χ0n) is 7.63. The number of nitrogens with zero attached hydrogens (tertiary/aromatic N) is 1. The molecule has 0 aliphatic carbocycles. The monoisotopic (exact) mass is 187 g/mol. The van der Waals surface area contributed by atoms with Crippen molar-refractivity contribution in [2.24, 2.45) is 0 Å². The topological polar surface area (TPSA) is 81.7 Å². The van der Waals surface area contributed by atoms with Gasteiger partial charge in [0.1, 0.15) is 5.54 Å². The maximum absolute atomic E-state index is 11.3. The predicted octanol–water partition coefficient (Wildman–Crippen LogP) is -1.32. The summed E-state index contributed by atoms with van der Waals surface area (Å²) in [4.78, 5) is 23.0. The fourth-order valence-corrected chi connectivity index (χ4v) is 1.40. The molecule has 1 saturated heterocycles. The van der Waals surface area contributed by atoms with Gasteiger partial charge in [0.2, 0.25) is 5.91 Å². The smallest absolute Gasteiger partial charge is 0.407 e. The minimum absolute atomic E-state index is 0.174. The van der Waals surface area contributed by atoms with Crippen molar-refractivity contribution >= 4 is 12.0 Å². The molecule has 1 fully saturated rings. The summed E-state index contributed by atoms with van der Waals surface area (Å²) in [5.41, 5.74) is -0.729. The molecule has 3 N–H and O–H groups in total. The number of nitrogens with one attached hydrogen (secondary N) is 2. The third-order valence-corrected chi connectivity index (χ3v) is 2.33. The Morgan fingerprint density at radius 3 is 2.23 bits per heavy atom. The Balaban J connectivity index is 2.60. The van der Waals surface area contributed by atoms with E-state index in [1.165, 1.54) is 11.9 Å². The molecule has 0 aromatic carbocycles. The van der Waals surface area contributed by atoms with Gasteiger partial charge >= 0.3 is 6.09 Å². The van der Waals surface area contributed by atoms with Crippen LogP contribution in [0.15, 0.2) is 0 Å². The van der Waals surface area contributed by atoms with E-state index in [-0.39, 0.29) is 19.0 Å². The zero-order valence-corrected chi connectivity index (χ0v) is 7.63. The van der Waals surface area contributed by atoms with E-state index in [4.69, 9.17) is 5.11 Å². The Morgan fingerprint density at radius 2 is 1.92 bits per heavy atom. The lowest BCUT2D eigenvalue weighted by molar-refractivity contribution is -0.132. The summed E-state index contributed by atoms with van der Waals surface area (Å²) in [6, 6.07) is 0. The summed E-state index contributed by atoms with van der Waals surface area (Å²) in [6.07, 6.45) is -0.991. The van der Waals surface area contributed by atoms with Crippen molar-refractivity contribution in [2.75, 3.05) is 27.2 Å². The van der Waals surface area contributed by atoms with Crippen LogP contribution in [0.3, 0.4) is 0 Å². The van der Waals surface area contributed by atoms with Crippen LogP contribution in [0.4, 0.5) is 4.79 Å². The predicted molar refractivity (Wildman–Crippen MR) is 45.5 cm³/mol. The Hall–Kier alpha value is -1.30. The molecule has 0 saturated carbocycles. The molecule has 0 bridgehead atoms. The molecule has 0 spiro atoms. The van der Waals surface area contributed by atoms with Gasteiger partial charge in [-0.3, -0.25) is 4.79 Å². The van der Waals surface area contributed by atoms with Gasteiger partial charge in [0, 0.05) is 7.05 Å². The number of hydrogen-bond acceptors (Lipinski definition) is 3. The highest BCUT2D eigenvalue weighted by Gasteiger charge is 2.49. The molecule has 1 heterocycles. The Bertz CT molecular complexity index is 235. The van der Waals surface area contributed by atoms with Crippen LogP contribution in [0.1, 0.15) is 0 Å². The number of likely N-dealkylation sites (tertiary alicyclic amines) is 1. The van der Waals surface area contributed by atoms with Gasteiger partial charge in [-0.25, -0.2) is 4.79 Å². The number of carboxylic acid groups (broad SMARTS) is 1. The van der Waals surface area contributed by atoms with E-state index in [9.17, 15) is 9.59 Å². The molecule has 0 radical (unpaired) electrons. The number of hydrogen-bond donors (Lipinski definition) is 3. The average molecular weight is 187 g/mol. The van der Waals surface area contributed by atoms with Crippen LogP contribution in [0.5, 0.6) is 0 Å². The van der Waals surface area contributed by atoms with Crippen LogP contribution in [0, 0.1) is 0 Å². The van der Waals surface area contributed by atoms with Gasteiger partial charge in [0.25, 0.3) is 0 Å². The van der Waals surface area contributed by atoms with E-state index in [0.717, 1.165) is 0 Å². The molecule has 0 atom stereocenters. The second-order valence-corrected chi connectivity index (χ2v) is 3.05. The number of carbonyl (C=O) groups is 2. The maximum atomic E-state index is 11.3. The highest BCUT2D eigenvalue weighted by atomic mass is 16.4. The lowest BCUT2D eigenvalue weighted by atomic mass is 9.89. The van der Waals surface area contributed by atoms with E-state index in [0.29, 0.717) is 0 Å². The zero-order chi connectivity index (χ0) is 10.1. The quantitative estimate of drug-likeness (QED) is 0.501. The minimum atomic E-state index is -0.991. The van der Waals surface area contributed by atoms with Gasteiger partial charge in [-0.15, -0.1) is 0 Å². The van der Waals surface area contributed by atoms with E-state index >= 15 is 0 Å². The standard InChI is InChI=1S/C7H13N3O3/c1-8-5(11)7(9-2)3-10(4-7)6(12)13/h9H,3-4H2,1-2H3,(H,8,11)(H,12,13). The first kappa shape index (κ1) is 9.79. The highest BCUT2D eigenvalue weighted by molar-refractivity contribution is 5.89. The lowest BCUT2D eigenvalue weighted by Crippen LogP contribution is -2.75. The highest BCUT2D eigenvalue weighted by Crippen LogP contribution is 2.20. The van der Waals surface area contributed by atoms with Crippen LogP contribution in [-0.4, -0.2) is 54.7 Å². The molecule has 2 amide bonds. The lowest BCUT2D eigenvalue weighted by Gasteiger charge is -2.46. The van der Waals surface area contributed by atoms with Crippen molar-refractivity contribution in [1.82, 2.24) is 15.5 Å². The molecule has 6 heteroatoms. The summed E-state index contributed by atoms with van der Waals surface area (Å²) < 4.78 is 0. The van der Waals surface area contributed by atoms with E-state index in [1.807, 2.05) is 0 Å². The number of carbonyl (C=O) groups excluding carboxylic acids is 1. The second-order valence-electron chi connectivity index (χ2n) is 3.05. The molecule has 6 nitrogen and oxygen atoms in total. The molecule has 1 aliphatic rings. The van der Waals surface area contributed by atoms with Crippen molar-refractivity contribution < 1.29 is 14.7 Å². The summed E-state index contributed by atoms with van der Waals surface area (Å²) in [5.74, 6) is -0.174. The Labute approximate surface area is 75.9 Å². The normalized spacial score (nSPS) is 19.1. The van der Waals surface area contributed by atoms with Crippen molar-refractivity contribution in [3.63, 3.8) is 0 Å². The molecule has 0 unspecified atom stereocenters. The van der Waals surface area contributed by atoms with Gasteiger partial charge in [0.15, 0.2) is 0 Å². The van der Waals surface area contributed by atoms with Crippen LogP contribution >= 0.6 is 0 Å². The molecule has 0 aromatic rings. The number of rotatable bonds is 2. The van der Waals surface area contributed by atoms with Gasteiger partial charge < -0.3 is 20.6 Å². The molecule has 0 aromatic heterocycles. The molecule has 1 rings (SSSR count). The third-order valence-electron chi connectivity index (χ3n) is 2.33. The van der Waals surface area contributed by atoms with Crippen LogP contribution < -0.4 is 10.6 Å². The van der Waals surface area contributed by atoms with Crippen LogP contribution in [-0.2, 0) is 4.79 Å². The van der Waals surface area contributed by atoms with Crippen molar-refractivity contribution in [3.05, 3.63) is 0 Å². The van der Waals surface area contributed by atoms with E-state index in [1.54, 1.807) is 7.05 Å². The molecular formula is C7H13N3O3. The Morgan fingerprint density at radius 1 is 1.38 bits per heavy atom. The summed E-state index contributed by atoms with van der Waals surface area (Å²) in [5, 5.41) is 13.9. The summed E-state index contributed by atoms with van der Waals surface area (Å²) in [7, 11) is 3.18. The third kappa shape index (κ3) is 1.44. The molecular weight excluding hydrogens is 174 g/mol. The number of amides is 2. The molecule has 1 aliphatic heterocycles. The molecule has 13 heavy (non-hydrogen) atoms. The molecule has 74 valence electrons. The fourth-order valence-electron chi connectivity index (χ4n) is 1.40. The van der Waals surface area contributed by atoms with Crippen LogP contribution in [0.25, 0.3) is 0 Å². The second kappa shape index (κ2) is 3.21. The minimum Gasteiger partial charge on any atom is -0.465 e. The first-order chi connectivity index (χ1) is 6.05. The largest absolute Gasteiger partial charge is 0.465 e. The number of likely N-dealkylation sites (N-methyl/N-ethyl adjacent to an activating group) is 2. The maximum Gasteiger partial charge on any atom is 0.407 e. The van der Waals surface area contributed by atoms with Gasteiger partial charge in [-0.2, -0.15) is 0 Å². The van der Waals surface area contributed by atoms with Gasteiger partial charge in [-0.1, -0.05) is 0 Å². The van der Waals surface area contributed by atoms with E-state index < -0.39 is 11.6 Å². The van der Waals surface area contributed by atoms with Gasteiger partial charge in [0.05, 0.1) is 13.1 Å². The SMILES string of the molecule is CNC(=O)C1(NC)CN(C(=O)O)C1. The average Bonchev–Trinajstić information content (AvgIpc) is 2.02. The van der Waals surface area contributed by atoms with Crippen molar-refractivity contribution in [3.8, 4) is 0 Å². The van der Waals surface area contributed by atoms with Crippen LogP contribution in [0.2, 0.25) is 0 Å². The van der Waals surface area contributed by atoms with Crippen molar-refractivity contribution in [2.45, 2.75) is 5.54 Å². The first-order valence-corrected chi connectivity index (χ1v) is 3.95. The fraction of sp³-hybridized carbons (Fsp3) is 0.714. The van der Waals surface area contributed by atoms with E-state index in [2.05, 4.69) is 10.6 Å². The van der Waals surface area contributed by atoms with Crippen molar-refractivity contribution in [1.29, 1.82) is 0 Å². The van der Waals surface area contributed by atoms with Gasteiger partial charge in [-0.05, 0) is 7.05 Å². The first-order valence-electron chi connectivity index (χ1n) is 3.95. The summed E-state index contributed by atoms with van der Waals surface area (Å²) in [6.45, 7) is 0.414. The Kier molecular flexibility index (Phi) is 2.42. The summed E-state index contributed by atoms with van der Waals surface area (Å²) >= 11 is 0.